The Balaban J connectivity index is 0.00000300. The van der Waals surface area contributed by atoms with Crippen LogP contribution in [0.3, 0.4) is 0 Å². The SMILES string of the molecule is CCOC(=O)c1c(NC(=O)COc2ccccc2C)sc2c1CCN(CC)C2.Cl. The van der Waals surface area contributed by atoms with Gasteiger partial charge in [-0.15, -0.1) is 23.7 Å². The molecule has 1 aliphatic heterocycles. The fraction of sp³-hybridized carbons (Fsp3) is 0.429. The minimum atomic E-state index is -0.375. The topological polar surface area (TPSA) is 67.9 Å². The number of nitrogens with one attached hydrogen (secondary N) is 1. The smallest absolute Gasteiger partial charge is 0.341 e. The first-order chi connectivity index (χ1) is 13.5. The van der Waals surface area contributed by atoms with E-state index in [0.29, 0.717) is 22.9 Å². The predicted molar refractivity (Wildman–Crippen MR) is 117 cm³/mol. The van der Waals surface area contributed by atoms with Gasteiger partial charge in [0.25, 0.3) is 5.91 Å². The van der Waals surface area contributed by atoms with Crippen molar-refractivity contribution in [3.05, 3.63) is 45.8 Å². The molecule has 8 heteroatoms. The molecule has 0 saturated carbocycles. The zero-order valence-corrected chi connectivity index (χ0v) is 18.6. The van der Waals surface area contributed by atoms with Gasteiger partial charge in [-0.3, -0.25) is 9.69 Å². The zero-order valence-electron chi connectivity index (χ0n) is 16.9. The predicted octanol–water partition coefficient (Wildman–Crippen LogP) is 4.05. The van der Waals surface area contributed by atoms with E-state index in [1.54, 1.807) is 6.92 Å². The summed E-state index contributed by atoms with van der Waals surface area (Å²) in [6.45, 7) is 8.66. The zero-order chi connectivity index (χ0) is 20.1. The largest absolute Gasteiger partial charge is 0.483 e. The molecule has 158 valence electrons. The summed E-state index contributed by atoms with van der Waals surface area (Å²) in [5.41, 5.74) is 2.47. The quantitative estimate of drug-likeness (QED) is 0.660. The van der Waals surface area contributed by atoms with Crippen LogP contribution in [0.5, 0.6) is 5.75 Å². The molecule has 3 rings (SSSR count). The third-order valence-electron chi connectivity index (χ3n) is 4.77. The summed E-state index contributed by atoms with van der Waals surface area (Å²) in [7, 11) is 0. The molecule has 6 nitrogen and oxygen atoms in total. The first-order valence-corrected chi connectivity index (χ1v) is 10.4. The maximum Gasteiger partial charge on any atom is 0.341 e. The molecule has 0 atom stereocenters. The second kappa shape index (κ2) is 10.6. The first-order valence-electron chi connectivity index (χ1n) is 9.55. The Morgan fingerprint density at radius 2 is 2.00 bits per heavy atom. The van der Waals surface area contributed by atoms with Gasteiger partial charge in [0.05, 0.1) is 12.2 Å². The van der Waals surface area contributed by atoms with E-state index < -0.39 is 0 Å². The molecule has 0 bridgehead atoms. The number of amides is 1. The lowest BCUT2D eigenvalue weighted by molar-refractivity contribution is -0.118. The molecule has 2 heterocycles. The number of hydrogen-bond acceptors (Lipinski definition) is 6. The van der Waals surface area contributed by atoms with E-state index in [2.05, 4.69) is 17.1 Å². The number of anilines is 1. The molecule has 0 radical (unpaired) electrons. The number of aryl methyl sites for hydroxylation is 1. The van der Waals surface area contributed by atoms with E-state index in [0.717, 1.165) is 42.1 Å². The Labute approximate surface area is 181 Å². The molecule has 0 spiro atoms. The summed E-state index contributed by atoms with van der Waals surface area (Å²) in [5, 5.41) is 3.42. The number of fused-ring (bicyclic) bond motifs is 1. The highest BCUT2D eigenvalue weighted by Gasteiger charge is 2.29. The van der Waals surface area contributed by atoms with Crippen molar-refractivity contribution in [2.45, 2.75) is 33.7 Å². The van der Waals surface area contributed by atoms with Crippen molar-refractivity contribution in [1.29, 1.82) is 0 Å². The molecule has 1 aliphatic rings. The van der Waals surface area contributed by atoms with Crippen LogP contribution >= 0.6 is 23.7 Å². The van der Waals surface area contributed by atoms with Crippen LogP contribution in [0.25, 0.3) is 0 Å². The number of halogens is 1. The molecule has 0 fully saturated rings. The Morgan fingerprint density at radius 3 is 2.69 bits per heavy atom. The molecule has 1 N–H and O–H groups in total. The molecular weight excluding hydrogens is 412 g/mol. The second-order valence-corrected chi connectivity index (χ2v) is 7.75. The van der Waals surface area contributed by atoms with Crippen molar-refractivity contribution in [2.24, 2.45) is 0 Å². The van der Waals surface area contributed by atoms with E-state index in [9.17, 15) is 9.59 Å². The number of benzene rings is 1. The minimum Gasteiger partial charge on any atom is -0.483 e. The third-order valence-corrected chi connectivity index (χ3v) is 5.90. The van der Waals surface area contributed by atoms with Gasteiger partial charge >= 0.3 is 5.97 Å². The number of hydrogen-bond donors (Lipinski definition) is 1. The van der Waals surface area contributed by atoms with Gasteiger partial charge in [0, 0.05) is 18.0 Å². The number of carbonyl (C=O) groups is 2. The lowest BCUT2D eigenvalue weighted by atomic mass is 10.0. The monoisotopic (exact) mass is 438 g/mol. The number of para-hydroxylation sites is 1. The van der Waals surface area contributed by atoms with Gasteiger partial charge in [-0.05, 0) is 44.0 Å². The number of thiophene rings is 1. The van der Waals surface area contributed by atoms with Crippen molar-refractivity contribution in [3.63, 3.8) is 0 Å². The average molecular weight is 439 g/mol. The fourth-order valence-corrected chi connectivity index (χ4v) is 4.55. The highest BCUT2D eigenvalue weighted by molar-refractivity contribution is 7.17. The van der Waals surface area contributed by atoms with E-state index in [4.69, 9.17) is 9.47 Å². The van der Waals surface area contributed by atoms with Crippen LogP contribution in [0.2, 0.25) is 0 Å². The van der Waals surface area contributed by atoms with E-state index in [1.807, 2.05) is 31.2 Å². The van der Waals surface area contributed by atoms with Crippen molar-refractivity contribution < 1.29 is 19.1 Å². The van der Waals surface area contributed by atoms with Crippen LogP contribution in [-0.4, -0.2) is 43.1 Å². The Bertz CT molecular complexity index is 868. The lowest BCUT2D eigenvalue weighted by Crippen LogP contribution is -2.30. The van der Waals surface area contributed by atoms with Crippen LogP contribution in [0.1, 0.15) is 40.2 Å². The Kier molecular flexibility index (Phi) is 8.49. The van der Waals surface area contributed by atoms with E-state index >= 15 is 0 Å². The summed E-state index contributed by atoms with van der Waals surface area (Å²) in [6.07, 6.45) is 0.781. The molecule has 2 aromatic rings. The molecule has 1 amide bonds. The highest BCUT2D eigenvalue weighted by Crippen LogP contribution is 2.37. The van der Waals surface area contributed by atoms with Crippen LogP contribution in [-0.2, 0) is 22.5 Å². The van der Waals surface area contributed by atoms with Crippen LogP contribution in [0.4, 0.5) is 5.00 Å². The van der Waals surface area contributed by atoms with Gasteiger partial charge in [-0.2, -0.15) is 0 Å². The molecule has 0 unspecified atom stereocenters. The van der Waals surface area contributed by atoms with E-state index in [-0.39, 0.29) is 30.9 Å². The summed E-state index contributed by atoms with van der Waals surface area (Å²) in [5.74, 6) is 0.00662. The Morgan fingerprint density at radius 1 is 1.24 bits per heavy atom. The maximum atomic E-state index is 12.5. The average Bonchev–Trinajstić information content (AvgIpc) is 3.04. The minimum absolute atomic E-state index is 0. The lowest BCUT2D eigenvalue weighted by Gasteiger charge is -2.25. The number of esters is 1. The van der Waals surface area contributed by atoms with Gasteiger partial charge in [-0.1, -0.05) is 25.1 Å². The number of nitrogens with zero attached hydrogens (tertiary/aromatic N) is 1. The first kappa shape index (κ1) is 23.2. The van der Waals surface area contributed by atoms with Crippen molar-refractivity contribution in [3.8, 4) is 5.75 Å². The van der Waals surface area contributed by atoms with Crippen LogP contribution in [0.15, 0.2) is 24.3 Å². The second-order valence-electron chi connectivity index (χ2n) is 6.65. The van der Waals surface area contributed by atoms with Gasteiger partial charge in [-0.25, -0.2) is 4.79 Å². The van der Waals surface area contributed by atoms with Crippen LogP contribution in [0, 0.1) is 6.92 Å². The summed E-state index contributed by atoms with van der Waals surface area (Å²) >= 11 is 1.46. The van der Waals surface area contributed by atoms with Crippen molar-refractivity contribution >= 4 is 40.6 Å². The number of rotatable bonds is 7. The number of carbonyl (C=O) groups excluding carboxylic acids is 2. The molecule has 1 aromatic carbocycles. The highest BCUT2D eigenvalue weighted by atomic mass is 35.5. The molecule has 1 aromatic heterocycles. The normalized spacial score (nSPS) is 13.2. The summed E-state index contributed by atoms with van der Waals surface area (Å²) < 4.78 is 10.9. The van der Waals surface area contributed by atoms with Crippen LogP contribution < -0.4 is 10.1 Å². The molecule has 0 aliphatic carbocycles. The van der Waals surface area contributed by atoms with E-state index in [1.165, 1.54) is 11.3 Å². The van der Waals surface area contributed by atoms with Crippen molar-refractivity contribution in [2.75, 3.05) is 31.6 Å². The standard InChI is InChI=1S/C21H26N2O4S.ClH/c1-4-23-11-10-15-17(12-23)28-20(19(15)21(25)26-5-2)22-18(24)13-27-16-9-7-6-8-14(16)3;/h6-9H,4-5,10-13H2,1-3H3,(H,22,24);1H. The van der Waals surface area contributed by atoms with Gasteiger partial charge in [0.15, 0.2) is 6.61 Å². The summed E-state index contributed by atoms with van der Waals surface area (Å²) in [4.78, 5) is 28.5. The maximum absolute atomic E-state index is 12.5. The van der Waals surface area contributed by atoms with Gasteiger partial charge < -0.3 is 14.8 Å². The van der Waals surface area contributed by atoms with Gasteiger partial charge in [0.1, 0.15) is 10.8 Å². The molecule has 0 saturated heterocycles. The Hall–Kier alpha value is -2.09. The van der Waals surface area contributed by atoms with Gasteiger partial charge in [0.2, 0.25) is 0 Å². The molecule has 29 heavy (non-hydrogen) atoms. The fourth-order valence-electron chi connectivity index (χ4n) is 3.26. The number of likely N-dealkylation sites (N-methyl/N-ethyl adjacent to an activating group) is 1. The van der Waals surface area contributed by atoms with Crippen molar-refractivity contribution in [1.82, 2.24) is 4.90 Å². The number of ether oxygens (including phenoxy) is 2. The molecular formula is C21H27ClN2O4S. The third kappa shape index (κ3) is 5.50. The summed E-state index contributed by atoms with van der Waals surface area (Å²) in [6, 6.07) is 7.55.